The standard InChI is InChI=1S/C25H34FNO/c1-2-5-20-6-3-8-23(16-20)22-12-9-19(10-13-22)7-4-15-28-25-14-11-21(18-27)17-24(25)26/h4,7,11,14,17,19-20,22-23H,2-3,5-6,8-10,12-13,15-16H2,1H3/b7-4+/t19?,20-,22?,23-/m1/s1. The van der Waals surface area contributed by atoms with E-state index in [1.807, 2.05) is 12.1 Å². The van der Waals surface area contributed by atoms with Gasteiger partial charge in [-0.2, -0.15) is 5.26 Å². The van der Waals surface area contributed by atoms with E-state index in [9.17, 15) is 4.39 Å². The number of nitrogens with zero attached hydrogens (tertiary/aromatic N) is 1. The summed E-state index contributed by atoms with van der Waals surface area (Å²) in [7, 11) is 0. The number of ether oxygens (including phenoxy) is 1. The molecule has 0 spiro atoms. The summed E-state index contributed by atoms with van der Waals surface area (Å²) in [5.74, 6) is 3.28. The molecule has 0 aromatic heterocycles. The van der Waals surface area contributed by atoms with Gasteiger partial charge in [-0.3, -0.25) is 0 Å². The largest absolute Gasteiger partial charge is 0.486 e. The predicted octanol–water partition coefficient (Wildman–Crippen LogP) is 7.05. The molecule has 2 aliphatic carbocycles. The molecule has 152 valence electrons. The average Bonchev–Trinajstić information content (AvgIpc) is 2.73. The molecule has 2 nitrogen and oxygen atoms in total. The fraction of sp³-hybridized carbons (Fsp3) is 0.640. The lowest BCUT2D eigenvalue weighted by atomic mass is 9.68. The molecule has 0 radical (unpaired) electrons. The number of hydrogen-bond acceptors (Lipinski definition) is 2. The van der Waals surface area contributed by atoms with Crippen LogP contribution in [0.2, 0.25) is 0 Å². The monoisotopic (exact) mass is 383 g/mol. The van der Waals surface area contributed by atoms with E-state index in [1.165, 1.54) is 76.3 Å². The molecule has 0 aliphatic heterocycles. The van der Waals surface area contributed by atoms with Crippen LogP contribution in [0.15, 0.2) is 30.4 Å². The molecule has 3 rings (SSSR count). The molecular weight excluding hydrogens is 349 g/mol. The fourth-order valence-corrected chi connectivity index (χ4v) is 5.31. The molecule has 0 saturated heterocycles. The van der Waals surface area contributed by atoms with Crippen molar-refractivity contribution in [2.45, 2.75) is 71.1 Å². The van der Waals surface area contributed by atoms with Crippen LogP contribution >= 0.6 is 0 Å². The number of hydrogen-bond donors (Lipinski definition) is 0. The molecule has 1 aromatic rings. The average molecular weight is 384 g/mol. The molecule has 28 heavy (non-hydrogen) atoms. The Kier molecular flexibility index (Phi) is 7.95. The first-order valence-corrected chi connectivity index (χ1v) is 11.2. The highest BCUT2D eigenvalue weighted by molar-refractivity contribution is 5.36. The van der Waals surface area contributed by atoms with Crippen molar-refractivity contribution in [3.05, 3.63) is 41.7 Å². The van der Waals surface area contributed by atoms with Crippen molar-refractivity contribution in [3.63, 3.8) is 0 Å². The topological polar surface area (TPSA) is 33.0 Å². The molecule has 0 unspecified atom stereocenters. The number of benzene rings is 1. The Morgan fingerprint density at radius 2 is 1.96 bits per heavy atom. The molecule has 2 fully saturated rings. The first-order valence-electron chi connectivity index (χ1n) is 11.2. The van der Waals surface area contributed by atoms with E-state index in [0.717, 1.165) is 17.8 Å². The zero-order valence-electron chi connectivity index (χ0n) is 17.2. The van der Waals surface area contributed by atoms with Gasteiger partial charge in [0.25, 0.3) is 0 Å². The molecule has 0 amide bonds. The molecule has 3 heteroatoms. The highest BCUT2D eigenvalue weighted by atomic mass is 19.1. The summed E-state index contributed by atoms with van der Waals surface area (Å²) in [4.78, 5) is 0. The van der Waals surface area contributed by atoms with Gasteiger partial charge in [-0.25, -0.2) is 4.39 Å². The van der Waals surface area contributed by atoms with Gasteiger partial charge in [0.2, 0.25) is 0 Å². The maximum atomic E-state index is 13.8. The molecule has 2 aliphatic rings. The summed E-state index contributed by atoms with van der Waals surface area (Å²) >= 11 is 0. The second-order valence-corrected chi connectivity index (χ2v) is 8.75. The van der Waals surface area contributed by atoms with Gasteiger partial charge >= 0.3 is 0 Å². The molecule has 0 bridgehead atoms. The fourth-order valence-electron chi connectivity index (χ4n) is 5.31. The third kappa shape index (κ3) is 5.84. The Morgan fingerprint density at radius 1 is 1.14 bits per heavy atom. The van der Waals surface area contributed by atoms with Gasteiger partial charge in [0.15, 0.2) is 11.6 Å². The van der Waals surface area contributed by atoms with E-state index in [-0.39, 0.29) is 5.75 Å². The van der Waals surface area contributed by atoms with Crippen LogP contribution in [-0.4, -0.2) is 6.61 Å². The first kappa shape index (κ1) is 20.9. The van der Waals surface area contributed by atoms with E-state index in [1.54, 1.807) is 6.07 Å². The minimum absolute atomic E-state index is 0.214. The van der Waals surface area contributed by atoms with Gasteiger partial charge < -0.3 is 4.74 Å². The highest BCUT2D eigenvalue weighted by Gasteiger charge is 2.30. The zero-order chi connectivity index (χ0) is 19.8. The van der Waals surface area contributed by atoms with Crippen molar-refractivity contribution in [1.29, 1.82) is 5.26 Å². The summed E-state index contributed by atoms with van der Waals surface area (Å²) in [6, 6.07) is 6.26. The van der Waals surface area contributed by atoms with Gasteiger partial charge in [0.1, 0.15) is 6.61 Å². The van der Waals surface area contributed by atoms with Crippen LogP contribution in [-0.2, 0) is 0 Å². The van der Waals surface area contributed by atoms with Crippen LogP contribution in [0.3, 0.4) is 0 Å². The molecule has 0 N–H and O–H groups in total. The van der Waals surface area contributed by atoms with Gasteiger partial charge in [0, 0.05) is 0 Å². The zero-order valence-corrected chi connectivity index (χ0v) is 17.2. The second-order valence-electron chi connectivity index (χ2n) is 8.75. The lowest BCUT2D eigenvalue weighted by Gasteiger charge is -2.38. The van der Waals surface area contributed by atoms with Crippen LogP contribution in [0.25, 0.3) is 0 Å². The Hall–Kier alpha value is -1.82. The van der Waals surface area contributed by atoms with Crippen molar-refractivity contribution in [3.8, 4) is 11.8 Å². The van der Waals surface area contributed by atoms with E-state index < -0.39 is 5.82 Å². The summed E-state index contributed by atoms with van der Waals surface area (Å²) in [6.07, 6.45) is 18.2. The lowest BCUT2D eigenvalue weighted by Crippen LogP contribution is -2.26. The molecule has 1 aromatic carbocycles. The van der Waals surface area contributed by atoms with Crippen molar-refractivity contribution in [1.82, 2.24) is 0 Å². The van der Waals surface area contributed by atoms with Crippen LogP contribution in [0, 0.1) is 40.8 Å². The van der Waals surface area contributed by atoms with Crippen molar-refractivity contribution in [2.75, 3.05) is 6.61 Å². The highest BCUT2D eigenvalue weighted by Crippen LogP contribution is 2.42. The molecule has 2 saturated carbocycles. The van der Waals surface area contributed by atoms with Gasteiger partial charge in [-0.05, 0) is 74.0 Å². The molecule has 2 atom stereocenters. The van der Waals surface area contributed by atoms with E-state index in [2.05, 4.69) is 13.0 Å². The normalized spacial score (nSPS) is 28.2. The number of allylic oxidation sites excluding steroid dienone is 1. The smallest absolute Gasteiger partial charge is 0.166 e. The summed E-state index contributed by atoms with van der Waals surface area (Å²) in [5, 5.41) is 8.78. The van der Waals surface area contributed by atoms with Crippen LogP contribution < -0.4 is 4.74 Å². The minimum Gasteiger partial charge on any atom is -0.486 e. The lowest BCUT2D eigenvalue weighted by molar-refractivity contribution is 0.144. The van der Waals surface area contributed by atoms with E-state index in [4.69, 9.17) is 10.00 Å². The Labute approximate surface area is 169 Å². The minimum atomic E-state index is -0.471. The van der Waals surface area contributed by atoms with Gasteiger partial charge in [0.05, 0.1) is 11.6 Å². The number of rotatable bonds is 7. The maximum Gasteiger partial charge on any atom is 0.166 e. The van der Waals surface area contributed by atoms with Crippen LogP contribution in [0.5, 0.6) is 5.75 Å². The predicted molar refractivity (Wildman–Crippen MR) is 112 cm³/mol. The van der Waals surface area contributed by atoms with Crippen molar-refractivity contribution >= 4 is 0 Å². The van der Waals surface area contributed by atoms with E-state index in [0.29, 0.717) is 18.1 Å². The van der Waals surface area contributed by atoms with Gasteiger partial charge in [-0.1, -0.05) is 51.2 Å². The van der Waals surface area contributed by atoms with Crippen LogP contribution in [0.4, 0.5) is 4.39 Å². The third-order valence-electron chi connectivity index (χ3n) is 6.81. The second kappa shape index (κ2) is 10.6. The van der Waals surface area contributed by atoms with Crippen molar-refractivity contribution < 1.29 is 9.13 Å². The summed E-state index contributed by atoms with van der Waals surface area (Å²) in [5.41, 5.74) is 0.316. The summed E-state index contributed by atoms with van der Waals surface area (Å²) < 4.78 is 19.3. The Balaban J connectivity index is 1.39. The maximum absolute atomic E-state index is 13.8. The number of halogens is 1. The third-order valence-corrected chi connectivity index (χ3v) is 6.81. The van der Waals surface area contributed by atoms with Crippen molar-refractivity contribution in [2.24, 2.45) is 23.7 Å². The Morgan fingerprint density at radius 3 is 2.68 bits per heavy atom. The first-order chi connectivity index (χ1) is 13.7. The molecular formula is C25H34FNO. The Bertz CT molecular complexity index is 682. The quantitative estimate of drug-likeness (QED) is 0.473. The van der Waals surface area contributed by atoms with Gasteiger partial charge in [-0.15, -0.1) is 0 Å². The SMILES string of the molecule is CCC[C@@H]1CCC[C@@H](C2CCC(/C=C/COc3ccc(C#N)cc3F)CC2)C1. The molecule has 0 heterocycles. The van der Waals surface area contributed by atoms with E-state index >= 15 is 0 Å². The number of nitriles is 1. The summed E-state index contributed by atoms with van der Waals surface area (Å²) in [6.45, 7) is 2.70. The van der Waals surface area contributed by atoms with Crippen LogP contribution in [0.1, 0.15) is 76.7 Å².